The maximum absolute atomic E-state index is 13.0. The standard InChI is InChI=1S/C26H29N3O5/c1-16(25(30)27-14-17-3-6-23-24(11-17)34-15-33-23)18-7-9-29(10-8-18)26(31)22-12-19-4-5-20(32-2)13-21(19)28-22/h3-6,11-13,16,18,28H,7-10,14-15H2,1-2H3,(H,27,30)/t16-/m1/s1. The Labute approximate surface area is 198 Å². The Morgan fingerprint density at radius 1 is 1.12 bits per heavy atom. The Morgan fingerprint density at radius 2 is 1.91 bits per heavy atom. The lowest BCUT2D eigenvalue weighted by Gasteiger charge is -2.34. The summed E-state index contributed by atoms with van der Waals surface area (Å²) in [5.74, 6) is 2.35. The summed E-state index contributed by atoms with van der Waals surface area (Å²) in [6.07, 6.45) is 1.61. The summed E-state index contributed by atoms with van der Waals surface area (Å²) < 4.78 is 16.0. The number of hydrogen-bond donors (Lipinski definition) is 2. The van der Waals surface area contributed by atoms with E-state index in [0.717, 1.165) is 40.8 Å². The van der Waals surface area contributed by atoms with Crippen LogP contribution >= 0.6 is 0 Å². The van der Waals surface area contributed by atoms with E-state index in [2.05, 4.69) is 10.3 Å². The van der Waals surface area contributed by atoms with Crippen molar-refractivity contribution in [3.05, 3.63) is 53.7 Å². The number of carbonyl (C=O) groups excluding carboxylic acids is 2. The van der Waals surface area contributed by atoms with Gasteiger partial charge in [-0.3, -0.25) is 9.59 Å². The summed E-state index contributed by atoms with van der Waals surface area (Å²) in [7, 11) is 1.62. The molecule has 1 fully saturated rings. The Bertz CT molecular complexity index is 1210. The van der Waals surface area contributed by atoms with Crippen LogP contribution in [0.5, 0.6) is 17.2 Å². The molecule has 0 unspecified atom stereocenters. The van der Waals surface area contributed by atoms with Crippen molar-refractivity contribution in [1.82, 2.24) is 15.2 Å². The Kier molecular flexibility index (Phi) is 6.04. The fraction of sp³-hybridized carbons (Fsp3) is 0.385. The van der Waals surface area contributed by atoms with E-state index >= 15 is 0 Å². The first-order valence-electron chi connectivity index (χ1n) is 11.6. The van der Waals surface area contributed by atoms with Crippen LogP contribution in [-0.2, 0) is 11.3 Å². The topological polar surface area (TPSA) is 92.9 Å². The summed E-state index contributed by atoms with van der Waals surface area (Å²) in [5, 5.41) is 4.02. The van der Waals surface area contributed by atoms with Gasteiger partial charge in [-0.15, -0.1) is 0 Å². The second kappa shape index (κ2) is 9.29. The lowest BCUT2D eigenvalue weighted by molar-refractivity contribution is -0.126. The fourth-order valence-electron chi connectivity index (χ4n) is 4.74. The van der Waals surface area contributed by atoms with Gasteiger partial charge in [-0.2, -0.15) is 0 Å². The number of amides is 2. The van der Waals surface area contributed by atoms with E-state index in [9.17, 15) is 9.59 Å². The number of likely N-dealkylation sites (tertiary alicyclic amines) is 1. The number of methoxy groups -OCH3 is 1. The van der Waals surface area contributed by atoms with Crippen molar-refractivity contribution in [2.45, 2.75) is 26.3 Å². The molecule has 1 saturated heterocycles. The minimum atomic E-state index is -0.119. The summed E-state index contributed by atoms with van der Waals surface area (Å²) >= 11 is 0. The number of aromatic nitrogens is 1. The molecule has 3 heterocycles. The van der Waals surface area contributed by atoms with Gasteiger partial charge in [0, 0.05) is 42.5 Å². The SMILES string of the molecule is COc1ccc2cc(C(=O)N3CCC([C@@H](C)C(=O)NCc4ccc5c(c4)OCO5)CC3)[nH]c2c1. The normalized spacial score (nSPS) is 16.5. The van der Waals surface area contributed by atoms with Crippen LogP contribution in [0.25, 0.3) is 10.9 Å². The van der Waals surface area contributed by atoms with Gasteiger partial charge in [0.2, 0.25) is 12.7 Å². The van der Waals surface area contributed by atoms with Gasteiger partial charge in [0.1, 0.15) is 11.4 Å². The number of carbonyl (C=O) groups is 2. The van der Waals surface area contributed by atoms with Crippen LogP contribution in [0.2, 0.25) is 0 Å². The number of aromatic amines is 1. The molecule has 8 nitrogen and oxygen atoms in total. The number of ether oxygens (including phenoxy) is 3. The van der Waals surface area contributed by atoms with Crippen molar-refractivity contribution in [2.75, 3.05) is 27.0 Å². The largest absolute Gasteiger partial charge is 0.497 e. The van der Waals surface area contributed by atoms with Crippen molar-refractivity contribution in [1.29, 1.82) is 0 Å². The highest BCUT2D eigenvalue weighted by Crippen LogP contribution is 2.32. The first-order chi connectivity index (χ1) is 16.5. The molecule has 1 aromatic heterocycles. The van der Waals surface area contributed by atoms with E-state index in [4.69, 9.17) is 14.2 Å². The van der Waals surface area contributed by atoms with Gasteiger partial charge < -0.3 is 29.4 Å². The third kappa shape index (κ3) is 4.40. The third-order valence-corrected chi connectivity index (χ3v) is 6.91. The lowest BCUT2D eigenvalue weighted by atomic mass is 9.84. The molecule has 34 heavy (non-hydrogen) atoms. The van der Waals surface area contributed by atoms with Crippen LogP contribution in [0.3, 0.4) is 0 Å². The number of H-pyrrole nitrogens is 1. The number of nitrogens with one attached hydrogen (secondary N) is 2. The first kappa shape index (κ1) is 22.1. The maximum atomic E-state index is 13.0. The molecule has 0 radical (unpaired) electrons. The third-order valence-electron chi connectivity index (χ3n) is 6.91. The van der Waals surface area contributed by atoms with E-state index in [1.807, 2.05) is 54.3 Å². The molecule has 3 aromatic rings. The quantitative estimate of drug-likeness (QED) is 0.581. The maximum Gasteiger partial charge on any atom is 0.270 e. The number of rotatable bonds is 6. The number of benzene rings is 2. The van der Waals surface area contributed by atoms with Crippen LogP contribution < -0.4 is 19.5 Å². The summed E-state index contributed by atoms with van der Waals surface area (Å²) in [4.78, 5) is 30.9. The van der Waals surface area contributed by atoms with Gasteiger partial charge in [-0.05, 0) is 54.7 Å². The molecule has 178 valence electrons. The fourth-order valence-corrected chi connectivity index (χ4v) is 4.74. The minimum Gasteiger partial charge on any atom is -0.497 e. The number of hydrogen-bond acceptors (Lipinski definition) is 5. The van der Waals surface area contributed by atoms with E-state index in [1.54, 1.807) is 7.11 Å². The summed E-state index contributed by atoms with van der Waals surface area (Å²) in [6, 6.07) is 13.3. The molecule has 8 heteroatoms. The molecule has 0 bridgehead atoms. The van der Waals surface area contributed by atoms with E-state index < -0.39 is 0 Å². The average Bonchev–Trinajstić information content (AvgIpc) is 3.52. The zero-order chi connectivity index (χ0) is 23.7. The molecule has 5 rings (SSSR count). The first-order valence-corrected chi connectivity index (χ1v) is 11.6. The molecule has 2 N–H and O–H groups in total. The molecule has 1 atom stereocenters. The van der Waals surface area contributed by atoms with Crippen LogP contribution in [0.4, 0.5) is 0 Å². The highest BCUT2D eigenvalue weighted by atomic mass is 16.7. The van der Waals surface area contributed by atoms with Crippen molar-refractivity contribution in [3.8, 4) is 17.2 Å². The zero-order valence-electron chi connectivity index (χ0n) is 19.4. The molecular formula is C26H29N3O5. The van der Waals surface area contributed by atoms with Crippen LogP contribution in [0.1, 0.15) is 35.8 Å². The molecular weight excluding hydrogens is 434 g/mol. The minimum absolute atomic E-state index is 0.00599. The van der Waals surface area contributed by atoms with E-state index in [1.165, 1.54) is 0 Å². The molecule has 2 aliphatic heterocycles. The number of nitrogens with zero attached hydrogens (tertiary/aromatic N) is 1. The van der Waals surface area contributed by atoms with Gasteiger partial charge >= 0.3 is 0 Å². The monoisotopic (exact) mass is 463 g/mol. The van der Waals surface area contributed by atoms with Gasteiger partial charge in [-0.1, -0.05) is 13.0 Å². The Morgan fingerprint density at radius 3 is 2.71 bits per heavy atom. The smallest absolute Gasteiger partial charge is 0.270 e. The molecule has 2 aliphatic rings. The van der Waals surface area contributed by atoms with Crippen molar-refractivity contribution < 1.29 is 23.8 Å². The average molecular weight is 464 g/mol. The van der Waals surface area contributed by atoms with Crippen molar-refractivity contribution in [3.63, 3.8) is 0 Å². The number of piperidine rings is 1. The predicted molar refractivity (Wildman–Crippen MR) is 127 cm³/mol. The zero-order valence-corrected chi connectivity index (χ0v) is 19.4. The van der Waals surface area contributed by atoms with E-state index in [-0.39, 0.29) is 30.4 Å². The number of fused-ring (bicyclic) bond motifs is 2. The highest BCUT2D eigenvalue weighted by molar-refractivity contribution is 5.98. The van der Waals surface area contributed by atoms with Gasteiger partial charge in [0.15, 0.2) is 11.5 Å². The van der Waals surface area contributed by atoms with E-state index in [0.29, 0.717) is 31.1 Å². The van der Waals surface area contributed by atoms with Crippen molar-refractivity contribution in [2.24, 2.45) is 11.8 Å². The van der Waals surface area contributed by atoms with Crippen LogP contribution in [0.15, 0.2) is 42.5 Å². The van der Waals surface area contributed by atoms with Gasteiger partial charge in [0.05, 0.1) is 7.11 Å². The summed E-state index contributed by atoms with van der Waals surface area (Å²) in [5.41, 5.74) is 2.43. The molecule has 2 amide bonds. The molecule has 0 aliphatic carbocycles. The Balaban J connectivity index is 1.13. The van der Waals surface area contributed by atoms with Gasteiger partial charge in [0.25, 0.3) is 5.91 Å². The van der Waals surface area contributed by atoms with Crippen LogP contribution in [-0.4, -0.2) is 48.7 Å². The predicted octanol–water partition coefficient (Wildman–Crippen LogP) is 3.71. The lowest BCUT2D eigenvalue weighted by Crippen LogP contribution is -2.42. The van der Waals surface area contributed by atoms with Gasteiger partial charge in [-0.25, -0.2) is 0 Å². The second-order valence-electron chi connectivity index (χ2n) is 8.96. The molecule has 0 saturated carbocycles. The molecule has 2 aromatic carbocycles. The summed E-state index contributed by atoms with van der Waals surface area (Å²) in [6.45, 7) is 3.94. The highest BCUT2D eigenvalue weighted by Gasteiger charge is 2.30. The second-order valence-corrected chi connectivity index (χ2v) is 8.96. The Hall–Kier alpha value is -3.68. The van der Waals surface area contributed by atoms with Crippen molar-refractivity contribution >= 4 is 22.7 Å². The molecule has 0 spiro atoms. The van der Waals surface area contributed by atoms with Crippen LogP contribution in [0, 0.1) is 11.8 Å².